The van der Waals surface area contributed by atoms with Gasteiger partial charge in [0.25, 0.3) is 5.91 Å². The first-order chi connectivity index (χ1) is 17.7. The molecule has 9 nitrogen and oxygen atoms in total. The van der Waals surface area contributed by atoms with Gasteiger partial charge < -0.3 is 30.3 Å². The van der Waals surface area contributed by atoms with Crippen molar-refractivity contribution in [2.75, 3.05) is 29.9 Å². The van der Waals surface area contributed by atoms with E-state index in [-0.39, 0.29) is 30.9 Å². The Morgan fingerprint density at radius 1 is 1.16 bits per heavy atom. The molecule has 0 bridgehead atoms. The lowest BCUT2D eigenvalue weighted by atomic mass is 9.78. The molecule has 2 heterocycles. The molecule has 1 aliphatic carbocycles. The number of hydrogen-bond donors (Lipinski definition) is 4. The second-order valence-electron chi connectivity index (χ2n) is 10.9. The predicted molar refractivity (Wildman–Crippen MR) is 139 cm³/mol. The van der Waals surface area contributed by atoms with Crippen LogP contribution in [-0.4, -0.2) is 47.4 Å². The van der Waals surface area contributed by atoms with Crippen molar-refractivity contribution in [2.24, 2.45) is 0 Å². The van der Waals surface area contributed by atoms with Crippen LogP contribution in [0.15, 0.2) is 36.4 Å². The Labute approximate surface area is 216 Å². The van der Waals surface area contributed by atoms with Gasteiger partial charge in [-0.15, -0.1) is 0 Å². The smallest absolute Gasteiger partial charge is 0.415 e. The fourth-order valence-electron chi connectivity index (χ4n) is 5.60. The highest BCUT2D eigenvalue weighted by Crippen LogP contribution is 2.48. The number of carbonyl (C=O) groups excluding carboxylic acids is 2. The van der Waals surface area contributed by atoms with Crippen LogP contribution in [0.4, 0.5) is 16.2 Å². The number of benzene rings is 2. The second-order valence-corrected chi connectivity index (χ2v) is 10.9. The first kappa shape index (κ1) is 25.4. The molecule has 0 radical (unpaired) electrons. The van der Waals surface area contributed by atoms with Crippen LogP contribution in [0, 0.1) is 0 Å². The second kappa shape index (κ2) is 9.87. The molecule has 1 unspecified atom stereocenters. The number of phenols is 1. The number of aliphatic hydroxyl groups excluding tert-OH is 1. The molecule has 2 aromatic carbocycles. The number of ether oxygens (including phenoxy) is 2. The number of para-hydroxylation sites is 1. The summed E-state index contributed by atoms with van der Waals surface area (Å²) in [6, 6.07) is 10.9. The standard InChI is InChI=1S/C28H35N3O6/c1-27(2,29-16-23(33)19-14-18(32)15-21-25(19)36-17-24(34)30-21)12-13-31-22-9-5-4-8-20(22)28(37-26(31)35)10-6-3-7-11-28/h4-5,8-9,14-15,23,29,32-33H,3,6-7,10-13,16-17H2,1-2H3,(H,30,34). The summed E-state index contributed by atoms with van der Waals surface area (Å²) in [5.74, 6) is -0.0327. The summed E-state index contributed by atoms with van der Waals surface area (Å²) in [4.78, 5) is 26.5. The number of hydrogen-bond acceptors (Lipinski definition) is 7. The van der Waals surface area contributed by atoms with Crippen LogP contribution in [0.1, 0.15) is 69.6 Å². The third-order valence-corrected chi connectivity index (χ3v) is 7.67. The maximum atomic E-state index is 13.2. The molecule has 9 heteroatoms. The van der Waals surface area contributed by atoms with Crippen LogP contribution in [0.2, 0.25) is 0 Å². The van der Waals surface area contributed by atoms with Crippen molar-refractivity contribution in [1.29, 1.82) is 0 Å². The lowest BCUT2D eigenvalue weighted by Gasteiger charge is -2.45. The number of phenolic OH excluding ortho intramolecular Hbond substituents is 1. The maximum Gasteiger partial charge on any atom is 0.415 e. The van der Waals surface area contributed by atoms with Gasteiger partial charge in [-0.2, -0.15) is 0 Å². The number of carbonyl (C=O) groups is 2. The van der Waals surface area contributed by atoms with Gasteiger partial charge in [-0.3, -0.25) is 9.69 Å². The van der Waals surface area contributed by atoms with Crippen molar-refractivity contribution in [3.05, 3.63) is 47.5 Å². The molecule has 2 amide bonds. The Morgan fingerprint density at radius 2 is 1.92 bits per heavy atom. The van der Waals surface area contributed by atoms with Crippen LogP contribution in [0.5, 0.6) is 11.5 Å². The zero-order valence-electron chi connectivity index (χ0n) is 21.4. The van der Waals surface area contributed by atoms with E-state index in [1.807, 2.05) is 32.0 Å². The molecule has 0 aromatic heterocycles. The van der Waals surface area contributed by atoms with E-state index >= 15 is 0 Å². The molecule has 2 aliphatic heterocycles. The highest BCUT2D eigenvalue weighted by atomic mass is 16.6. The molecule has 5 rings (SSSR count). The van der Waals surface area contributed by atoms with Gasteiger partial charge in [0, 0.05) is 35.8 Å². The van der Waals surface area contributed by atoms with Crippen LogP contribution in [0.3, 0.4) is 0 Å². The normalized spacial score (nSPS) is 19.4. The van der Waals surface area contributed by atoms with Crippen LogP contribution < -0.4 is 20.3 Å². The number of nitrogens with zero attached hydrogens (tertiary/aromatic N) is 1. The first-order valence-corrected chi connectivity index (χ1v) is 13.0. The minimum atomic E-state index is -0.984. The van der Waals surface area contributed by atoms with Gasteiger partial charge in [-0.1, -0.05) is 24.6 Å². The number of β-amino-alcohol motifs (C(OH)–C–C–N with tert-alkyl or cyclic N) is 1. The Kier molecular flexibility index (Phi) is 6.76. The minimum absolute atomic E-state index is 0.0733. The summed E-state index contributed by atoms with van der Waals surface area (Å²) in [6.45, 7) is 4.52. The van der Waals surface area contributed by atoms with Crippen LogP contribution in [-0.2, 0) is 15.1 Å². The van der Waals surface area contributed by atoms with Crippen molar-refractivity contribution in [2.45, 2.75) is 69.6 Å². The summed E-state index contributed by atoms with van der Waals surface area (Å²) in [6.07, 6.45) is 4.33. The fourth-order valence-corrected chi connectivity index (χ4v) is 5.60. The van der Waals surface area contributed by atoms with Crippen molar-refractivity contribution in [1.82, 2.24) is 5.32 Å². The number of fused-ring (bicyclic) bond motifs is 3. The first-order valence-electron chi connectivity index (χ1n) is 13.0. The Hall–Kier alpha value is -3.30. The minimum Gasteiger partial charge on any atom is -0.508 e. The molecular formula is C28H35N3O6. The number of aromatic hydroxyl groups is 1. The molecule has 1 saturated carbocycles. The molecule has 2 aromatic rings. The third-order valence-electron chi connectivity index (χ3n) is 7.67. The van der Waals surface area contributed by atoms with Gasteiger partial charge in [0.2, 0.25) is 0 Å². The zero-order chi connectivity index (χ0) is 26.2. The lowest BCUT2D eigenvalue weighted by molar-refractivity contribution is -0.118. The summed E-state index contributed by atoms with van der Waals surface area (Å²) < 4.78 is 11.6. The molecule has 1 atom stereocenters. The number of anilines is 2. The maximum absolute atomic E-state index is 13.2. The van der Waals surface area contributed by atoms with E-state index in [0.717, 1.165) is 36.9 Å². The average Bonchev–Trinajstić information content (AvgIpc) is 2.87. The van der Waals surface area contributed by atoms with Crippen LogP contribution in [0.25, 0.3) is 0 Å². The molecule has 0 saturated heterocycles. The molecule has 1 spiro atoms. The number of nitrogens with one attached hydrogen (secondary N) is 2. The number of rotatable bonds is 7. The lowest BCUT2D eigenvalue weighted by Crippen LogP contribution is -2.50. The highest BCUT2D eigenvalue weighted by molar-refractivity contribution is 5.96. The van der Waals surface area contributed by atoms with E-state index in [0.29, 0.717) is 30.0 Å². The molecule has 4 N–H and O–H groups in total. The van der Waals surface area contributed by atoms with Crippen molar-refractivity contribution in [3.63, 3.8) is 0 Å². The quantitative estimate of drug-likeness (QED) is 0.438. The number of amides is 2. The Balaban J connectivity index is 1.25. The van der Waals surface area contributed by atoms with Crippen molar-refractivity contribution in [3.8, 4) is 11.5 Å². The third kappa shape index (κ3) is 5.10. The zero-order valence-corrected chi connectivity index (χ0v) is 21.4. The topological polar surface area (TPSA) is 120 Å². The molecule has 198 valence electrons. The van der Waals surface area contributed by atoms with Gasteiger partial charge in [0.05, 0.1) is 17.5 Å². The van der Waals surface area contributed by atoms with Crippen molar-refractivity contribution >= 4 is 23.4 Å². The van der Waals surface area contributed by atoms with Crippen LogP contribution >= 0.6 is 0 Å². The van der Waals surface area contributed by atoms with Gasteiger partial charge in [-0.05, 0) is 58.1 Å². The van der Waals surface area contributed by atoms with Gasteiger partial charge >= 0.3 is 6.09 Å². The summed E-state index contributed by atoms with van der Waals surface area (Å²) >= 11 is 0. The summed E-state index contributed by atoms with van der Waals surface area (Å²) in [7, 11) is 0. The van der Waals surface area contributed by atoms with E-state index < -0.39 is 17.2 Å². The number of aliphatic hydroxyl groups is 1. The van der Waals surface area contributed by atoms with Crippen molar-refractivity contribution < 1.29 is 29.3 Å². The monoisotopic (exact) mass is 509 g/mol. The largest absolute Gasteiger partial charge is 0.508 e. The molecule has 37 heavy (non-hydrogen) atoms. The average molecular weight is 510 g/mol. The van der Waals surface area contributed by atoms with Gasteiger partial charge in [0.15, 0.2) is 6.61 Å². The van der Waals surface area contributed by atoms with E-state index in [4.69, 9.17) is 9.47 Å². The van der Waals surface area contributed by atoms with E-state index in [1.54, 1.807) is 4.90 Å². The van der Waals surface area contributed by atoms with Gasteiger partial charge in [-0.25, -0.2) is 4.79 Å². The highest BCUT2D eigenvalue weighted by Gasteiger charge is 2.45. The Bertz CT molecular complexity index is 1190. The van der Waals surface area contributed by atoms with E-state index in [2.05, 4.69) is 16.7 Å². The summed E-state index contributed by atoms with van der Waals surface area (Å²) in [5, 5.41) is 27.0. The molecule has 3 aliphatic rings. The van der Waals surface area contributed by atoms with E-state index in [1.165, 1.54) is 18.6 Å². The summed E-state index contributed by atoms with van der Waals surface area (Å²) in [5.41, 5.74) is 1.80. The molecule has 1 fully saturated rings. The predicted octanol–water partition coefficient (Wildman–Crippen LogP) is 4.33. The fraction of sp³-hybridized carbons (Fsp3) is 0.500. The SMILES string of the molecule is CC(C)(CCN1C(=O)OC2(CCCCC2)c2ccccc21)NCC(O)c1cc(O)cc2c1OCC(=O)N2. The van der Waals surface area contributed by atoms with Gasteiger partial charge in [0.1, 0.15) is 17.1 Å². The van der Waals surface area contributed by atoms with E-state index in [9.17, 15) is 19.8 Å². The molecular weight excluding hydrogens is 474 g/mol. The Morgan fingerprint density at radius 3 is 2.70 bits per heavy atom.